The molecule has 0 spiro atoms. The molecule has 2 aliphatic rings. The minimum Gasteiger partial charge on any atom is -0.508 e. The number of hydrogen-bond acceptors (Lipinski definition) is 8. The van der Waals surface area contributed by atoms with E-state index >= 15 is 0 Å². The maximum absolute atomic E-state index is 14.2. The van der Waals surface area contributed by atoms with Gasteiger partial charge in [-0.1, -0.05) is 43.1 Å². The number of allylic oxidation sites excluding steroid dienone is 1. The van der Waals surface area contributed by atoms with Gasteiger partial charge in [0.2, 0.25) is 24.1 Å². The average Bonchev–Trinajstić information content (AvgIpc) is 4.04. The highest BCUT2D eigenvalue weighted by Crippen LogP contribution is 2.33. The van der Waals surface area contributed by atoms with Crippen molar-refractivity contribution in [2.24, 2.45) is 5.92 Å². The van der Waals surface area contributed by atoms with Crippen molar-refractivity contribution in [1.82, 2.24) is 31.1 Å². The molecule has 4 atom stereocenters. The number of halogens is 2. The summed E-state index contributed by atoms with van der Waals surface area (Å²) in [5, 5.41) is 22.2. The van der Waals surface area contributed by atoms with E-state index in [1.807, 2.05) is 35.0 Å². The Bertz CT molecular complexity index is 2040. The molecule has 62 heavy (non-hydrogen) atoms. The van der Waals surface area contributed by atoms with Gasteiger partial charge in [0.1, 0.15) is 35.4 Å². The number of phenols is 1. The van der Waals surface area contributed by atoms with Crippen molar-refractivity contribution in [3.63, 3.8) is 0 Å². The predicted octanol–water partition coefficient (Wildman–Crippen LogP) is 3.80. The molecule has 6 amide bonds. The van der Waals surface area contributed by atoms with Crippen LogP contribution in [-0.4, -0.2) is 126 Å². The number of benzene rings is 2. The standard InChI is InChI=1S/C45H61Cl2N7O8/c1-27(2)19-33(25-55)49-40(58)36(52(5)43(61)39(28-12-13-28)50-41(59)37-22-29-14-16-34(57)21-31(29)24-53(37)26-56)11-9-10-18-48-44(62)45(3,4)51-42(60)38(54(6,7)8)23-30-20-32(46)15-17-35(30)47/h14-17,20-21,25-27,33,36-38H,9-13,18-19,22-24H2,1-8H3,(H4-,48,49,50,51,57,58,59,60,62)/p+1/t33-,36?,37?,38-/m0/s1. The van der Waals surface area contributed by atoms with Crippen LogP contribution in [0.2, 0.25) is 10.0 Å². The molecule has 4 rings (SSSR count). The van der Waals surface area contributed by atoms with Gasteiger partial charge in [0.25, 0.3) is 11.8 Å². The van der Waals surface area contributed by atoms with Crippen LogP contribution in [0.5, 0.6) is 5.75 Å². The summed E-state index contributed by atoms with van der Waals surface area (Å²) in [6, 6.07) is 6.51. The smallest absolute Gasteiger partial charge is 0.279 e. The Hall–Kier alpha value is -4.99. The first-order valence-corrected chi connectivity index (χ1v) is 21.7. The Kier molecular flexibility index (Phi) is 17.1. The van der Waals surface area contributed by atoms with Gasteiger partial charge in [-0.05, 0) is 111 Å². The molecule has 1 aliphatic carbocycles. The molecular formula is C45H62Cl2N7O8+. The third-order valence-electron chi connectivity index (χ3n) is 11.3. The van der Waals surface area contributed by atoms with Crippen molar-refractivity contribution in [1.29, 1.82) is 0 Å². The molecule has 2 aromatic carbocycles. The Morgan fingerprint density at radius 2 is 1.68 bits per heavy atom. The number of hydrogen-bond donors (Lipinski definition) is 5. The number of fused-ring (bicyclic) bond motifs is 1. The molecule has 15 nitrogen and oxygen atoms in total. The summed E-state index contributed by atoms with van der Waals surface area (Å²) in [4.78, 5) is 95.6. The van der Waals surface area contributed by atoms with Gasteiger partial charge in [0.05, 0.1) is 27.2 Å². The molecule has 0 saturated heterocycles. The fourth-order valence-electron chi connectivity index (χ4n) is 7.47. The van der Waals surface area contributed by atoms with E-state index in [0.717, 1.165) is 5.56 Å². The zero-order valence-electron chi connectivity index (χ0n) is 37.0. The lowest BCUT2D eigenvalue weighted by molar-refractivity contribution is -0.886. The third kappa shape index (κ3) is 13.5. The lowest BCUT2D eigenvalue weighted by Gasteiger charge is -2.35. The van der Waals surface area contributed by atoms with Crippen LogP contribution in [0.1, 0.15) is 82.9 Å². The lowest BCUT2D eigenvalue weighted by atomic mass is 9.93. The van der Waals surface area contributed by atoms with E-state index in [9.17, 15) is 38.7 Å². The Morgan fingerprint density at radius 1 is 0.984 bits per heavy atom. The Balaban J connectivity index is 1.42. The topological polar surface area (TPSA) is 194 Å². The summed E-state index contributed by atoms with van der Waals surface area (Å²) in [6.07, 6.45) is 4.19. The van der Waals surface area contributed by atoms with Crippen molar-refractivity contribution in [2.75, 3.05) is 34.7 Å². The minimum atomic E-state index is -1.29. The summed E-state index contributed by atoms with van der Waals surface area (Å²) in [5.74, 6) is -2.30. The summed E-state index contributed by atoms with van der Waals surface area (Å²) < 4.78 is 0.259. The fourth-order valence-corrected chi connectivity index (χ4v) is 7.86. The number of rotatable bonds is 21. The van der Waals surface area contributed by atoms with Crippen LogP contribution in [-0.2, 0) is 52.9 Å². The third-order valence-corrected chi connectivity index (χ3v) is 11.9. The van der Waals surface area contributed by atoms with Gasteiger partial charge in [0.15, 0.2) is 6.04 Å². The maximum Gasteiger partial charge on any atom is 0.279 e. The molecule has 338 valence electrons. The van der Waals surface area contributed by atoms with E-state index in [2.05, 4.69) is 21.3 Å². The summed E-state index contributed by atoms with van der Waals surface area (Å²) in [6.45, 7) is 7.38. The van der Waals surface area contributed by atoms with Crippen LogP contribution in [0.4, 0.5) is 0 Å². The van der Waals surface area contributed by atoms with Gasteiger partial charge in [-0.25, -0.2) is 0 Å². The zero-order valence-corrected chi connectivity index (χ0v) is 38.5. The van der Waals surface area contributed by atoms with Gasteiger partial charge in [-0.3, -0.25) is 28.8 Å². The largest absolute Gasteiger partial charge is 0.508 e. The van der Waals surface area contributed by atoms with Crippen molar-refractivity contribution in [3.05, 3.63) is 74.4 Å². The molecule has 17 heteroatoms. The van der Waals surface area contributed by atoms with Crippen LogP contribution in [0, 0.1) is 5.92 Å². The number of carbonyl (C=O) groups is 7. The van der Waals surface area contributed by atoms with Crippen molar-refractivity contribution >= 4 is 65.4 Å². The molecule has 0 radical (unpaired) electrons. The number of carbonyl (C=O) groups excluding carboxylic acids is 7. The normalized spacial score (nSPS) is 16.3. The van der Waals surface area contributed by atoms with Crippen molar-refractivity contribution in [3.8, 4) is 5.75 Å². The number of likely N-dealkylation sites (N-methyl/N-ethyl adjacent to an activating group) is 2. The van der Waals surface area contributed by atoms with Gasteiger partial charge in [-0.2, -0.15) is 0 Å². The number of quaternary nitrogens is 1. The van der Waals surface area contributed by atoms with Crippen molar-refractivity contribution in [2.45, 2.75) is 115 Å². The molecule has 1 fully saturated rings. The first-order chi connectivity index (χ1) is 29.1. The number of phenolic OH excluding ortho intramolecular Hbond substituents is 1. The second-order valence-electron chi connectivity index (χ2n) is 18.2. The number of nitrogens with zero attached hydrogens (tertiary/aromatic N) is 3. The van der Waals surface area contributed by atoms with E-state index in [1.165, 1.54) is 22.9 Å². The van der Waals surface area contributed by atoms with E-state index in [0.29, 0.717) is 71.5 Å². The van der Waals surface area contributed by atoms with Gasteiger partial charge >= 0.3 is 0 Å². The first-order valence-electron chi connectivity index (χ1n) is 21.0. The fraction of sp³-hybridized carbons (Fsp3) is 0.533. The summed E-state index contributed by atoms with van der Waals surface area (Å²) in [7, 11) is 7.11. The lowest BCUT2D eigenvalue weighted by Crippen LogP contribution is -2.62. The molecule has 1 aliphatic heterocycles. The minimum absolute atomic E-state index is 0.0472. The number of aldehydes is 1. The second kappa shape index (κ2) is 21.4. The van der Waals surface area contributed by atoms with Crippen LogP contribution < -0.4 is 21.3 Å². The number of unbranched alkanes of at least 4 members (excludes halogenated alkanes) is 1. The Morgan fingerprint density at radius 3 is 2.29 bits per heavy atom. The quantitative estimate of drug-likeness (QED) is 0.0541. The number of amides is 6. The Labute approximate surface area is 374 Å². The van der Waals surface area contributed by atoms with Crippen LogP contribution in [0.25, 0.3) is 0 Å². The van der Waals surface area contributed by atoms with E-state index in [1.54, 1.807) is 44.2 Å². The monoisotopic (exact) mass is 898 g/mol. The predicted molar refractivity (Wildman–Crippen MR) is 237 cm³/mol. The van der Waals surface area contributed by atoms with Crippen molar-refractivity contribution < 1.29 is 43.2 Å². The van der Waals surface area contributed by atoms with Gasteiger partial charge in [0, 0.05) is 43.0 Å². The molecular weight excluding hydrogens is 837 g/mol. The maximum atomic E-state index is 14.2. The van der Waals surface area contributed by atoms with Crippen LogP contribution in [0.3, 0.4) is 0 Å². The van der Waals surface area contributed by atoms with Crippen LogP contribution >= 0.6 is 23.2 Å². The summed E-state index contributed by atoms with van der Waals surface area (Å²) >= 11 is 12.6. The van der Waals surface area contributed by atoms with E-state index in [4.69, 9.17) is 23.2 Å². The molecule has 1 saturated carbocycles. The second-order valence-corrected chi connectivity index (χ2v) is 19.0. The highest BCUT2D eigenvalue weighted by Gasteiger charge is 2.39. The molecule has 2 aromatic rings. The average molecular weight is 900 g/mol. The molecule has 5 N–H and O–H groups in total. The molecule has 1 heterocycles. The van der Waals surface area contributed by atoms with Crippen LogP contribution in [0.15, 0.2) is 47.7 Å². The first kappa shape index (κ1) is 49.7. The molecule has 0 aromatic heterocycles. The highest BCUT2D eigenvalue weighted by atomic mass is 35.5. The van der Waals surface area contributed by atoms with Gasteiger partial charge in [-0.15, -0.1) is 0 Å². The SMILES string of the molecule is CC(C)C[C@@H](C=O)NC(=O)C(CCCCNC(=O)C(C)(C)NC(=O)[C@H](Cc1cc(Cl)ccc1Cl)[N+](C)(C)C)N(C)C(=O)C(NC(=O)C1Cc2ccc(O)cc2CN1C=O)=C1CC1. The highest BCUT2D eigenvalue weighted by molar-refractivity contribution is 6.33. The summed E-state index contributed by atoms with van der Waals surface area (Å²) in [5.41, 5.74) is 1.68. The number of nitrogens with one attached hydrogen (secondary N) is 4. The molecule has 2 unspecified atom stereocenters. The molecule has 0 bridgehead atoms. The van der Waals surface area contributed by atoms with E-state index in [-0.39, 0.29) is 60.1 Å². The van der Waals surface area contributed by atoms with Gasteiger partial charge < -0.3 is 45.5 Å². The number of aromatic hydroxyl groups is 1. The zero-order chi connectivity index (χ0) is 46.1. The van der Waals surface area contributed by atoms with E-state index < -0.39 is 53.3 Å².